The smallest absolute Gasteiger partial charge is 0.332 e. The minimum absolute atomic E-state index is 0.101. The van der Waals surface area contributed by atoms with Crippen LogP contribution in [0.15, 0.2) is 12.1 Å². The Labute approximate surface area is 152 Å². The molecule has 8 heteroatoms. The van der Waals surface area contributed by atoms with Crippen LogP contribution in [0.25, 0.3) is 12.2 Å². The molecule has 1 aromatic heterocycles. The SMILES string of the molecule is CCOC(=O)/C=c1\[nH]c(=S)s\c1=C/c1cc(Cl)c(O)c(OCC)c1. The molecule has 0 aliphatic carbocycles. The highest BCUT2D eigenvalue weighted by atomic mass is 35.5. The standard InChI is InChI=1S/C16H16ClNO4S2/c1-3-21-12-6-9(5-10(17)15(12)20)7-13-11(18-16(23)24-13)8-14(19)22-4-2/h5-8,20H,3-4H2,1-2H3,(H,18,23)/b11-8-,13-7-. The Hall–Kier alpha value is -1.83. The average molecular weight is 386 g/mol. The summed E-state index contributed by atoms with van der Waals surface area (Å²) in [5.74, 6) is -0.253. The largest absolute Gasteiger partial charge is 0.503 e. The highest BCUT2D eigenvalue weighted by Gasteiger charge is 2.09. The van der Waals surface area contributed by atoms with Crippen molar-refractivity contribution in [2.75, 3.05) is 13.2 Å². The zero-order valence-electron chi connectivity index (χ0n) is 13.1. The lowest BCUT2D eigenvalue weighted by Crippen LogP contribution is -2.23. The van der Waals surface area contributed by atoms with Crippen LogP contribution < -0.4 is 14.6 Å². The Kier molecular flexibility index (Phi) is 6.42. The van der Waals surface area contributed by atoms with Gasteiger partial charge >= 0.3 is 5.97 Å². The predicted octanol–water partition coefficient (Wildman–Crippen LogP) is 2.74. The van der Waals surface area contributed by atoms with Gasteiger partial charge in [-0.1, -0.05) is 11.6 Å². The van der Waals surface area contributed by atoms with Crippen molar-refractivity contribution in [3.8, 4) is 11.5 Å². The van der Waals surface area contributed by atoms with Gasteiger partial charge in [0.2, 0.25) is 0 Å². The van der Waals surface area contributed by atoms with Gasteiger partial charge in [-0.05, 0) is 49.8 Å². The van der Waals surface area contributed by atoms with E-state index in [1.165, 1.54) is 17.4 Å². The number of halogens is 1. The van der Waals surface area contributed by atoms with Crippen LogP contribution in [-0.4, -0.2) is 29.3 Å². The summed E-state index contributed by atoms with van der Waals surface area (Å²) in [6.45, 7) is 4.25. The van der Waals surface area contributed by atoms with E-state index in [0.717, 1.165) is 4.53 Å². The number of nitrogens with one attached hydrogen (secondary N) is 1. The second-order valence-corrected chi connectivity index (χ2v) is 6.74. The number of benzene rings is 1. The lowest BCUT2D eigenvalue weighted by molar-refractivity contribution is -0.135. The van der Waals surface area contributed by atoms with Gasteiger partial charge in [-0.2, -0.15) is 0 Å². The van der Waals surface area contributed by atoms with Crippen molar-refractivity contribution < 1.29 is 19.4 Å². The fourth-order valence-corrected chi connectivity index (χ4v) is 3.34. The number of aromatic hydroxyl groups is 1. The first-order valence-electron chi connectivity index (χ1n) is 7.19. The molecule has 0 atom stereocenters. The van der Waals surface area contributed by atoms with Crippen LogP contribution in [0.1, 0.15) is 19.4 Å². The van der Waals surface area contributed by atoms with Gasteiger partial charge in [0.05, 0.1) is 28.1 Å². The number of ether oxygens (including phenoxy) is 2. The first kappa shape index (κ1) is 18.5. The van der Waals surface area contributed by atoms with E-state index in [1.54, 1.807) is 25.1 Å². The lowest BCUT2D eigenvalue weighted by atomic mass is 10.2. The molecule has 2 N–H and O–H groups in total. The normalized spacial score (nSPS) is 12.5. The third-order valence-corrected chi connectivity index (χ3v) is 4.39. The molecule has 0 unspecified atom stereocenters. The molecule has 0 saturated carbocycles. The number of phenols is 1. The molecule has 2 aromatic rings. The fourth-order valence-electron chi connectivity index (χ4n) is 1.96. The number of aromatic amines is 1. The van der Waals surface area contributed by atoms with Crippen LogP contribution in [0.5, 0.6) is 11.5 Å². The van der Waals surface area contributed by atoms with Gasteiger partial charge in [-0.15, -0.1) is 11.3 Å². The average Bonchev–Trinajstić information content (AvgIpc) is 2.84. The van der Waals surface area contributed by atoms with E-state index >= 15 is 0 Å². The summed E-state index contributed by atoms with van der Waals surface area (Å²) in [7, 11) is 0. The Morgan fingerprint density at radius 3 is 2.83 bits per heavy atom. The first-order chi connectivity index (χ1) is 11.4. The summed E-state index contributed by atoms with van der Waals surface area (Å²) in [4.78, 5) is 14.6. The van der Waals surface area contributed by atoms with Crippen molar-refractivity contribution in [2.45, 2.75) is 13.8 Å². The summed E-state index contributed by atoms with van der Waals surface area (Å²) in [5.41, 5.74) is 0.713. The van der Waals surface area contributed by atoms with E-state index in [9.17, 15) is 9.90 Å². The molecule has 0 bridgehead atoms. The van der Waals surface area contributed by atoms with Crippen LogP contribution in [0.4, 0.5) is 0 Å². The number of carbonyl (C=O) groups excluding carboxylic acids is 1. The van der Waals surface area contributed by atoms with Gasteiger partial charge in [0.25, 0.3) is 0 Å². The van der Waals surface area contributed by atoms with Crippen molar-refractivity contribution in [1.82, 2.24) is 4.98 Å². The number of phenolic OH excluding ortho intramolecular Hbond substituents is 1. The molecule has 128 valence electrons. The van der Waals surface area contributed by atoms with Gasteiger partial charge in [-0.25, -0.2) is 4.79 Å². The third kappa shape index (κ3) is 4.59. The Morgan fingerprint density at radius 2 is 2.17 bits per heavy atom. The van der Waals surface area contributed by atoms with Gasteiger partial charge in [0.15, 0.2) is 15.5 Å². The van der Waals surface area contributed by atoms with Crippen molar-refractivity contribution >= 4 is 53.3 Å². The number of carbonyl (C=O) groups is 1. The van der Waals surface area contributed by atoms with Crippen LogP contribution in [0, 0.1) is 3.95 Å². The second-order valence-electron chi connectivity index (χ2n) is 4.62. The fraction of sp³-hybridized carbons (Fsp3) is 0.250. The van der Waals surface area contributed by atoms with Crippen LogP contribution >= 0.6 is 35.2 Å². The lowest BCUT2D eigenvalue weighted by Gasteiger charge is -2.08. The molecule has 0 radical (unpaired) electrons. The number of hydrogen-bond acceptors (Lipinski definition) is 6. The second kappa shape index (κ2) is 8.32. The van der Waals surface area contributed by atoms with Crippen LogP contribution in [0.2, 0.25) is 5.02 Å². The molecule has 5 nitrogen and oxygen atoms in total. The van der Waals surface area contributed by atoms with E-state index < -0.39 is 5.97 Å². The van der Waals surface area contributed by atoms with E-state index in [1.807, 2.05) is 6.92 Å². The van der Waals surface area contributed by atoms with Crippen molar-refractivity contribution in [1.29, 1.82) is 0 Å². The first-order valence-corrected chi connectivity index (χ1v) is 8.79. The Morgan fingerprint density at radius 1 is 1.42 bits per heavy atom. The number of thiazole rings is 1. The molecular formula is C16H16ClNO4S2. The van der Waals surface area contributed by atoms with Crippen molar-refractivity contribution in [3.05, 3.63) is 36.6 Å². The van der Waals surface area contributed by atoms with Gasteiger partial charge in [0, 0.05) is 6.08 Å². The molecule has 0 saturated heterocycles. The molecule has 1 heterocycles. The maximum Gasteiger partial charge on any atom is 0.332 e. The molecule has 24 heavy (non-hydrogen) atoms. The summed E-state index contributed by atoms with van der Waals surface area (Å²) in [6, 6.07) is 3.28. The molecule has 2 rings (SSSR count). The predicted molar refractivity (Wildman–Crippen MR) is 97.7 cm³/mol. The molecule has 0 amide bonds. The monoisotopic (exact) mass is 385 g/mol. The van der Waals surface area contributed by atoms with Crippen molar-refractivity contribution in [2.24, 2.45) is 0 Å². The molecule has 0 aliphatic heterocycles. The number of aromatic nitrogens is 1. The van der Waals surface area contributed by atoms with Crippen molar-refractivity contribution in [3.63, 3.8) is 0 Å². The van der Waals surface area contributed by atoms with E-state index in [-0.39, 0.29) is 10.8 Å². The Balaban J connectivity index is 2.57. The van der Waals surface area contributed by atoms with E-state index in [0.29, 0.717) is 33.8 Å². The zero-order chi connectivity index (χ0) is 17.7. The summed E-state index contributed by atoms with van der Waals surface area (Å²) in [6.07, 6.45) is 3.16. The topological polar surface area (TPSA) is 71.6 Å². The highest BCUT2D eigenvalue weighted by molar-refractivity contribution is 7.73. The van der Waals surface area contributed by atoms with Crippen LogP contribution in [-0.2, 0) is 9.53 Å². The van der Waals surface area contributed by atoms with E-state index in [2.05, 4.69) is 4.98 Å². The van der Waals surface area contributed by atoms with Gasteiger partial charge in [0.1, 0.15) is 0 Å². The molecule has 0 spiro atoms. The zero-order valence-corrected chi connectivity index (χ0v) is 15.5. The number of hydrogen-bond donors (Lipinski definition) is 2. The number of esters is 1. The Bertz CT molecular complexity index is 917. The number of rotatable bonds is 5. The minimum Gasteiger partial charge on any atom is -0.503 e. The maximum atomic E-state index is 11.6. The van der Waals surface area contributed by atoms with Crippen LogP contribution in [0.3, 0.4) is 0 Å². The third-order valence-electron chi connectivity index (χ3n) is 2.90. The minimum atomic E-state index is -0.449. The molecule has 0 fully saturated rings. The highest BCUT2D eigenvalue weighted by Crippen LogP contribution is 2.35. The maximum absolute atomic E-state index is 11.6. The van der Waals surface area contributed by atoms with Gasteiger partial charge in [-0.3, -0.25) is 0 Å². The summed E-state index contributed by atoms with van der Waals surface area (Å²) >= 11 is 12.5. The van der Waals surface area contributed by atoms with E-state index in [4.69, 9.17) is 33.3 Å². The molecular weight excluding hydrogens is 370 g/mol. The summed E-state index contributed by atoms with van der Waals surface area (Å²) < 4.78 is 11.6. The number of H-pyrrole nitrogens is 1. The van der Waals surface area contributed by atoms with Gasteiger partial charge < -0.3 is 19.6 Å². The summed E-state index contributed by atoms with van der Waals surface area (Å²) in [5, 5.41) is 10.6. The molecule has 0 aliphatic rings. The molecule has 1 aromatic carbocycles. The quantitative estimate of drug-likeness (QED) is 0.611.